The Hall–Kier alpha value is -0.890. The highest BCUT2D eigenvalue weighted by molar-refractivity contribution is 5.91. The molecular formula is C29H46O2. The highest BCUT2D eigenvalue weighted by Crippen LogP contribution is 2.67. The summed E-state index contributed by atoms with van der Waals surface area (Å²) in [5.74, 6) is 5.00. The van der Waals surface area contributed by atoms with Gasteiger partial charge in [-0.05, 0) is 109 Å². The monoisotopic (exact) mass is 426 g/mol. The first-order valence-corrected chi connectivity index (χ1v) is 13.2. The molecule has 0 aromatic heterocycles. The van der Waals surface area contributed by atoms with Gasteiger partial charge in [0.25, 0.3) is 0 Å². The number of carbonyl (C=O) groups is 1. The van der Waals surface area contributed by atoms with Crippen molar-refractivity contribution in [2.45, 2.75) is 99.0 Å². The third-order valence-corrected chi connectivity index (χ3v) is 10.7. The molecule has 3 fully saturated rings. The van der Waals surface area contributed by atoms with Gasteiger partial charge in [-0.15, -0.1) is 0 Å². The molecule has 4 aliphatic carbocycles. The Bertz CT molecular complexity index is 748. The average molecular weight is 427 g/mol. The third kappa shape index (κ3) is 3.79. The van der Waals surface area contributed by atoms with Gasteiger partial charge in [-0.1, -0.05) is 53.7 Å². The molecule has 0 amide bonds. The van der Waals surface area contributed by atoms with E-state index in [1.54, 1.807) is 0 Å². The molecule has 0 saturated heterocycles. The Labute approximate surface area is 191 Å². The normalized spacial score (nSPS) is 44.6. The van der Waals surface area contributed by atoms with Crippen LogP contribution in [0.2, 0.25) is 0 Å². The van der Waals surface area contributed by atoms with E-state index in [0.29, 0.717) is 41.4 Å². The number of allylic oxidation sites excluding steroid dienone is 2. The van der Waals surface area contributed by atoms with Crippen LogP contribution in [-0.2, 0) is 4.79 Å². The van der Waals surface area contributed by atoms with Crippen LogP contribution in [0.1, 0.15) is 92.9 Å². The third-order valence-electron chi connectivity index (χ3n) is 10.7. The molecule has 0 radical (unpaired) electrons. The average Bonchev–Trinajstić information content (AvgIpc) is 3.07. The number of aliphatic hydroxyl groups excluding tert-OH is 1. The summed E-state index contributed by atoms with van der Waals surface area (Å²) in [6, 6.07) is 0. The number of aliphatic hydroxyl groups is 1. The van der Waals surface area contributed by atoms with Crippen molar-refractivity contribution in [1.82, 2.24) is 0 Å². The molecule has 0 aromatic rings. The fourth-order valence-electron chi connectivity index (χ4n) is 8.79. The highest BCUT2D eigenvalue weighted by Gasteiger charge is 2.60. The lowest BCUT2D eigenvalue weighted by Crippen LogP contribution is -2.54. The SMILES string of the molecule is CCC(/C=C/[C@@H](C)[C@H]1CC[C@H]2[C@@H]3C[C@@H](O)C4=CC(=O)CC[C@]4(C)[C@H]3CC[C@]12C)C(C)C. The molecular weight excluding hydrogens is 380 g/mol. The minimum atomic E-state index is -0.412. The van der Waals surface area contributed by atoms with Crippen LogP contribution in [0.5, 0.6) is 0 Å². The number of hydrogen-bond acceptors (Lipinski definition) is 2. The Morgan fingerprint density at radius 2 is 1.84 bits per heavy atom. The van der Waals surface area contributed by atoms with Gasteiger partial charge in [0, 0.05) is 6.42 Å². The molecule has 31 heavy (non-hydrogen) atoms. The van der Waals surface area contributed by atoms with Crippen molar-refractivity contribution in [3.8, 4) is 0 Å². The molecule has 9 atom stereocenters. The molecule has 1 N–H and O–H groups in total. The van der Waals surface area contributed by atoms with E-state index in [1.165, 1.54) is 32.1 Å². The molecule has 3 saturated carbocycles. The molecule has 2 heteroatoms. The van der Waals surface area contributed by atoms with Gasteiger partial charge in [0.1, 0.15) is 0 Å². The van der Waals surface area contributed by atoms with E-state index in [2.05, 4.69) is 53.7 Å². The molecule has 4 rings (SSSR count). The standard InChI is InChI=1S/C29H46O2/c1-7-20(18(2)3)9-8-19(4)23-10-11-24-22-17-27(31)26-16-21(30)12-14-29(26,6)25(22)13-15-28(23,24)5/h8-9,16,18-20,22-25,27,31H,7,10-15,17H2,1-6H3/b9-8+/t19-,20?,22+,23-,24+,25+,27-,28-,29-/m1/s1. The first kappa shape index (κ1) is 23.3. The summed E-state index contributed by atoms with van der Waals surface area (Å²) in [5, 5.41) is 11.1. The number of carbonyl (C=O) groups excluding carboxylic acids is 1. The molecule has 4 aliphatic rings. The number of fused-ring (bicyclic) bond motifs is 5. The quantitative estimate of drug-likeness (QED) is 0.481. The summed E-state index contributed by atoms with van der Waals surface area (Å²) < 4.78 is 0. The summed E-state index contributed by atoms with van der Waals surface area (Å²) in [6.07, 6.45) is 15.4. The van der Waals surface area contributed by atoms with E-state index in [1.807, 2.05) is 6.08 Å². The van der Waals surface area contributed by atoms with Gasteiger partial charge in [0.05, 0.1) is 6.10 Å². The van der Waals surface area contributed by atoms with Gasteiger partial charge < -0.3 is 5.11 Å². The van der Waals surface area contributed by atoms with Crippen LogP contribution in [0, 0.1) is 52.3 Å². The lowest BCUT2D eigenvalue weighted by Gasteiger charge is -2.59. The summed E-state index contributed by atoms with van der Waals surface area (Å²) in [7, 11) is 0. The molecule has 1 unspecified atom stereocenters. The molecule has 0 spiro atoms. The minimum absolute atomic E-state index is 0.0345. The van der Waals surface area contributed by atoms with Gasteiger partial charge in [-0.25, -0.2) is 0 Å². The Balaban J connectivity index is 1.55. The van der Waals surface area contributed by atoms with E-state index >= 15 is 0 Å². The van der Waals surface area contributed by atoms with E-state index in [0.717, 1.165) is 30.3 Å². The van der Waals surface area contributed by atoms with Crippen LogP contribution >= 0.6 is 0 Å². The highest BCUT2D eigenvalue weighted by atomic mass is 16.3. The number of hydrogen-bond donors (Lipinski definition) is 1. The van der Waals surface area contributed by atoms with Gasteiger partial charge in [0.2, 0.25) is 0 Å². The fourth-order valence-corrected chi connectivity index (χ4v) is 8.79. The topological polar surface area (TPSA) is 37.3 Å². The Morgan fingerprint density at radius 1 is 1.10 bits per heavy atom. The second-order valence-corrected chi connectivity index (χ2v) is 12.4. The molecule has 0 bridgehead atoms. The van der Waals surface area contributed by atoms with E-state index in [9.17, 15) is 9.90 Å². The van der Waals surface area contributed by atoms with Crippen molar-refractivity contribution in [2.24, 2.45) is 52.3 Å². The number of ketones is 1. The zero-order chi connectivity index (χ0) is 22.6. The molecule has 0 aliphatic heterocycles. The van der Waals surface area contributed by atoms with Crippen molar-refractivity contribution in [2.75, 3.05) is 0 Å². The van der Waals surface area contributed by atoms with Crippen LogP contribution in [0.25, 0.3) is 0 Å². The summed E-state index contributed by atoms with van der Waals surface area (Å²) in [4.78, 5) is 12.1. The van der Waals surface area contributed by atoms with E-state index < -0.39 is 6.10 Å². The van der Waals surface area contributed by atoms with Crippen LogP contribution in [0.3, 0.4) is 0 Å². The maximum atomic E-state index is 12.1. The van der Waals surface area contributed by atoms with Crippen molar-refractivity contribution in [3.63, 3.8) is 0 Å². The predicted octanol–water partition coefficient (Wildman–Crippen LogP) is 6.98. The van der Waals surface area contributed by atoms with Gasteiger partial charge in [0.15, 0.2) is 5.78 Å². The minimum Gasteiger partial charge on any atom is -0.389 e. The molecule has 174 valence electrons. The van der Waals surface area contributed by atoms with Crippen LogP contribution < -0.4 is 0 Å². The van der Waals surface area contributed by atoms with Crippen LogP contribution in [0.15, 0.2) is 23.8 Å². The first-order chi connectivity index (χ1) is 14.6. The van der Waals surface area contributed by atoms with Crippen molar-refractivity contribution in [1.29, 1.82) is 0 Å². The molecule has 0 aromatic carbocycles. The first-order valence-electron chi connectivity index (χ1n) is 13.2. The predicted molar refractivity (Wildman–Crippen MR) is 129 cm³/mol. The fraction of sp³-hybridized carbons (Fsp3) is 0.828. The second-order valence-electron chi connectivity index (χ2n) is 12.4. The van der Waals surface area contributed by atoms with Gasteiger partial charge >= 0.3 is 0 Å². The van der Waals surface area contributed by atoms with Crippen LogP contribution in [-0.4, -0.2) is 17.0 Å². The Kier molecular flexibility index (Phi) is 6.36. The van der Waals surface area contributed by atoms with Crippen molar-refractivity contribution in [3.05, 3.63) is 23.8 Å². The Morgan fingerprint density at radius 3 is 2.52 bits per heavy atom. The lowest BCUT2D eigenvalue weighted by molar-refractivity contribution is -0.119. The van der Waals surface area contributed by atoms with E-state index in [4.69, 9.17) is 0 Å². The maximum absolute atomic E-state index is 12.1. The largest absolute Gasteiger partial charge is 0.389 e. The zero-order valence-electron chi connectivity index (χ0n) is 20.9. The molecule has 2 nitrogen and oxygen atoms in total. The lowest BCUT2D eigenvalue weighted by atomic mass is 9.46. The van der Waals surface area contributed by atoms with E-state index in [-0.39, 0.29) is 11.2 Å². The van der Waals surface area contributed by atoms with Gasteiger partial charge in [-0.3, -0.25) is 4.79 Å². The summed E-state index contributed by atoms with van der Waals surface area (Å²) in [6.45, 7) is 14.4. The second kappa shape index (κ2) is 8.47. The van der Waals surface area contributed by atoms with Gasteiger partial charge in [-0.2, -0.15) is 0 Å². The van der Waals surface area contributed by atoms with Crippen molar-refractivity contribution < 1.29 is 9.90 Å². The maximum Gasteiger partial charge on any atom is 0.155 e. The summed E-state index contributed by atoms with van der Waals surface area (Å²) in [5.41, 5.74) is 1.50. The van der Waals surface area contributed by atoms with Crippen LogP contribution in [0.4, 0.5) is 0 Å². The summed E-state index contributed by atoms with van der Waals surface area (Å²) >= 11 is 0. The molecule has 0 heterocycles. The number of rotatable bonds is 5. The zero-order valence-corrected chi connectivity index (χ0v) is 20.9. The smallest absolute Gasteiger partial charge is 0.155 e. The van der Waals surface area contributed by atoms with Crippen molar-refractivity contribution >= 4 is 5.78 Å².